The van der Waals surface area contributed by atoms with Gasteiger partial charge >= 0.3 is 0 Å². The summed E-state index contributed by atoms with van der Waals surface area (Å²) >= 11 is 3.63. The fourth-order valence-corrected chi connectivity index (χ4v) is 2.84. The molecule has 0 aliphatic carbocycles. The van der Waals surface area contributed by atoms with E-state index in [-0.39, 0.29) is 10.6 Å². The lowest BCUT2D eigenvalue weighted by atomic mass is 10.0. The molecule has 5 heteroatoms. The Kier molecular flexibility index (Phi) is 5.07. The standard InChI is InChI=1S/C16H16BrFO3/c1-19-12-8-13(20-2)15(14(9-12)21-3)16(17)10-4-6-11(18)7-5-10/h4-9,16H,1-3H3. The molecule has 2 aromatic carbocycles. The second-order valence-corrected chi connectivity index (χ2v) is 5.28. The molecule has 0 saturated carbocycles. The van der Waals surface area contributed by atoms with Crippen LogP contribution in [0.2, 0.25) is 0 Å². The Morgan fingerprint density at radius 3 is 1.86 bits per heavy atom. The van der Waals surface area contributed by atoms with Crippen LogP contribution in [-0.4, -0.2) is 21.3 Å². The van der Waals surface area contributed by atoms with Gasteiger partial charge in [-0.3, -0.25) is 0 Å². The van der Waals surface area contributed by atoms with E-state index in [1.165, 1.54) is 12.1 Å². The summed E-state index contributed by atoms with van der Waals surface area (Å²) in [6.45, 7) is 0. The van der Waals surface area contributed by atoms with E-state index in [4.69, 9.17) is 14.2 Å². The Balaban J connectivity index is 2.52. The summed E-state index contributed by atoms with van der Waals surface area (Å²) in [5, 5.41) is 0. The van der Waals surface area contributed by atoms with E-state index in [2.05, 4.69) is 15.9 Å². The van der Waals surface area contributed by atoms with Crippen LogP contribution in [0.1, 0.15) is 16.0 Å². The highest BCUT2D eigenvalue weighted by molar-refractivity contribution is 9.09. The molecule has 2 rings (SSSR count). The fourth-order valence-electron chi connectivity index (χ4n) is 2.08. The van der Waals surface area contributed by atoms with Gasteiger partial charge in [-0.25, -0.2) is 4.39 Å². The van der Waals surface area contributed by atoms with Gasteiger partial charge in [0.25, 0.3) is 0 Å². The van der Waals surface area contributed by atoms with Crippen LogP contribution in [0.5, 0.6) is 17.2 Å². The predicted molar refractivity (Wildman–Crippen MR) is 83.3 cm³/mol. The summed E-state index contributed by atoms with van der Waals surface area (Å²) in [5.74, 6) is 1.65. The van der Waals surface area contributed by atoms with E-state index >= 15 is 0 Å². The van der Waals surface area contributed by atoms with Crippen molar-refractivity contribution in [3.05, 3.63) is 53.3 Å². The first-order chi connectivity index (χ1) is 10.1. The molecule has 0 radical (unpaired) electrons. The van der Waals surface area contributed by atoms with Gasteiger partial charge in [0.1, 0.15) is 23.1 Å². The first-order valence-corrected chi connectivity index (χ1v) is 7.21. The van der Waals surface area contributed by atoms with Crippen LogP contribution in [0, 0.1) is 5.82 Å². The molecule has 0 aliphatic rings. The Bertz CT molecular complexity index is 588. The lowest BCUT2D eigenvalue weighted by Gasteiger charge is -2.19. The SMILES string of the molecule is COc1cc(OC)c(C(Br)c2ccc(F)cc2)c(OC)c1. The minimum Gasteiger partial charge on any atom is -0.496 e. The van der Waals surface area contributed by atoms with Gasteiger partial charge in [0, 0.05) is 12.1 Å². The van der Waals surface area contributed by atoms with Crippen molar-refractivity contribution in [1.29, 1.82) is 0 Å². The minimum atomic E-state index is -0.271. The number of methoxy groups -OCH3 is 3. The number of ether oxygens (including phenoxy) is 3. The second-order valence-electron chi connectivity index (χ2n) is 4.36. The number of halogens is 2. The zero-order valence-corrected chi connectivity index (χ0v) is 13.6. The molecule has 0 spiro atoms. The fraction of sp³-hybridized carbons (Fsp3) is 0.250. The van der Waals surface area contributed by atoms with Crippen LogP contribution in [0.3, 0.4) is 0 Å². The second kappa shape index (κ2) is 6.80. The van der Waals surface area contributed by atoms with Gasteiger partial charge in [0.05, 0.1) is 31.7 Å². The zero-order chi connectivity index (χ0) is 15.4. The van der Waals surface area contributed by atoms with Crippen LogP contribution >= 0.6 is 15.9 Å². The molecule has 0 bridgehead atoms. The molecule has 21 heavy (non-hydrogen) atoms. The molecule has 2 aromatic rings. The number of alkyl halides is 1. The molecule has 0 aliphatic heterocycles. The summed E-state index contributed by atoms with van der Waals surface area (Å²) in [5.41, 5.74) is 1.73. The first-order valence-electron chi connectivity index (χ1n) is 6.30. The van der Waals surface area contributed by atoms with Gasteiger partial charge in [-0.15, -0.1) is 0 Å². The third-order valence-electron chi connectivity index (χ3n) is 3.17. The van der Waals surface area contributed by atoms with Crippen molar-refractivity contribution in [2.75, 3.05) is 21.3 Å². The van der Waals surface area contributed by atoms with Gasteiger partial charge < -0.3 is 14.2 Å². The maximum atomic E-state index is 13.1. The van der Waals surface area contributed by atoms with Crippen LogP contribution in [-0.2, 0) is 0 Å². The average Bonchev–Trinajstić information content (AvgIpc) is 2.53. The summed E-state index contributed by atoms with van der Waals surface area (Å²) in [7, 11) is 4.75. The van der Waals surface area contributed by atoms with E-state index in [1.54, 1.807) is 45.6 Å². The third kappa shape index (κ3) is 3.29. The molecule has 1 unspecified atom stereocenters. The molecular weight excluding hydrogens is 339 g/mol. The number of hydrogen-bond acceptors (Lipinski definition) is 3. The number of benzene rings is 2. The minimum absolute atomic E-state index is 0.186. The van der Waals surface area contributed by atoms with Crippen molar-refractivity contribution in [3.8, 4) is 17.2 Å². The molecule has 0 amide bonds. The van der Waals surface area contributed by atoms with Gasteiger partial charge in [-0.2, -0.15) is 0 Å². The van der Waals surface area contributed by atoms with Crippen molar-refractivity contribution < 1.29 is 18.6 Å². The van der Waals surface area contributed by atoms with Crippen molar-refractivity contribution in [2.24, 2.45) is 0 Å². The highest BCUT2D eigenvalue weighted by Crippen LogP contribution is 2.44. The summed E-state index contributed by atoms with van der Waals surface area (Å²) < 4.78 is 29.2. The molecule has 0 heterocycles. The van der Waals surface area contributed by atoms with Gasteiger partial charge in [-0.05, 0) is 17.7 Å². The maximum Gasteiger partial charge on any atom is 0.130 e. The molecule has 0 N–H and O–H groups in total. The normalized spacial score (nSPS) is 11.9. The topological polar surface area (TPSA) is 27.7 Å². The van der Waals surface area contributed by atoms with E-state index in [9.17, 15) is 4.39 Å². The molecule has 112 valence electrons. The highest BCUT2D eigenvalue weighted by atomic mass is 79.9. The Hall–Kier alpha value is -1.75. The van der Waals surface area contributed by atoms with Crippen LogP contribution in [0.4, 0.5) is 4.39 Å². The van der Waals surface area contributed by atoms with Crippen molar-refractivity contribution in [2.45, 2.75) is 4.83 Å². The zero-order valence-electron chi connectivity index (χ0n) is 12.0. The van der Waals surface area contributed by atoms with Crippen LogP contribution < -0.4 is 14.2 Å². The lowest BCUT2D eigenvalue weighted by molar-refractivity contribution is 0.369. The summed E-state index contributed by atoms with van der Waals surface area (Å²) in [6.07, 6.45) is 0. The number of rotatable bonds is 5. The lowest BCUT2D eigenvalue weighted by Crippen LogP contribution is -2.02. The van der Waals surface area contributed by atoms with Gasteiger partial charge in [-0.1, -0.05) is 28.1 Å². The monoisotopic (exact) mass is 354 g/mol. The molecule has 0 fully saturated rings. The molecule has 1 atom stereocenters. The van der Waals surface area contributed by atoms with Crippen molar-refractivity contribution in [3.63, 3.8) is 0 Å². The quantitative estimate of drug-likeness (QED) is 0.747. The van der Waals surface area contributed by atoms with Crippen LogP contribution in [0.25, 0.3) is 0 Å². The average molecular weight is 355 g/mol. The number of hydrogen-bond donors (Lipinski definition) is 0. The van der Waals surface area contributed by atoms with E-state index < -0.39 is 0 Å². The van der Waals surface area contributed by atoms with Crippen LogP contribution in [0.15, 0.2) is 36.4 Å². The van der Waals surface area contributed by atoms with Crippen molar-refractivity contribution >= 4 is 15.9 Å². The van der Waals surface area contributed by atoms with E-state index in [0.717, 1.165) is 11.1 Å². The smallest absolute Gasteiger partial charge is 0.130 e. The summed E-state index contributed by atoms with van der Waals surface area (Å²) in [4.78, 5) is -0.186. The Morgan fingerprint density at radius 1 is 0.905 bits per heavy atom. The van der Waals surface area contributed by atoms with Gasteiger partial charge in [0.15, 0.2) is 0 Å². The molecular formula is C16H16BrFO3. The highest BCUT2D eigenvalue weighted by Gasteiger charge is 2.22. The Labute approximate surface area is 131 Å². The van der Waals surface area contributed by atoms with Crippen molar-refractivity contribution in [1.82, 2.24) is 0 Å². The molecule has 0 saturated heterocycles. The Morgan fingerprint density at radius 2 is 1.43 bits per heavy atom. The molecule has 3 nitrogen and oxygen atoms in total. The predicted octanol–water partition coefficient (Wildman–Crippen LogP) is 4.34. The van der Waals surface area contributed by atoms with E-state index in [0.29, 0.717) is 17.2 Å². The third-order valence-corrected chi connectivity index (χ3v) is 4.16. The largest absolute Gasteiger partial charge is 0.496 e. The van der Waals surface area contributed by atoms with E-state index in [1.807, 2.05) is 0 Å². The summed E-state index contributed by atoms with van der Waals surface area (Å²) in [6, 6.07) is 9.86. The van der Waals surface area contributed by atoms with Gasteiger partial charge in [0.2, 0.25) is 0 Å². The first kappa shape index (κ1) is 15.6. The maximum absolute atomic E-state index is 13.1. The molecule has 0 aromatic heterocycles.